The number of pyridine rings is 1. The lowest BCUT2D eigenvalue weighted by molar-refractivity contribution is 0.136. The van der Waals surface area contributed by atoms with Crippen molar-refractivity contribution in [1.82, 2.24) is 4.98 Å². The molecule has 98 valence electrons. The number of rotatable bonds is 5. The van der Waals surface area contributed by atoms with E-state index in [-0.39, 0.29) is 6.04 Å². The number of anilines is 1. The maximum absolute atomic E-state index is 9.95. The minimum atomic E-state index is -0.635. The number of aromatic nitrogens is 1. The Balaban J connectivity index is 1.90. The van der Waals surface area contributed by atoms with Crippen molar-refractivity contribution < 1.29 is 9.52 Å². The molecule has 19 heavy (non-hydrogen) atoms. The predicted molar refractivity (Wildman–Crippen MR) is 70.3 cm³/mol. The summed E-state index contributed by atoms with van der Waals surface area (Å²) in [6.45, 7) is 1.96. The zero-order valence-electron chi connectivity index (χ0n) is 10.6. The number of furan rings is 1. The molecule has 0 aliphatic rings. The third-order valence-corrected chi connectivity index (χ3v) is 2.74. The molecule has 0 amide bonds. The van der Waals surface area contributed by atoms with Gasteiger partial charge in [0.05, 0.1) is 18.1 Å². The fraction of sp³-hybridized carbons (Fsp3) is 0.286. The van der Waals surface area contributed by atoms with Crippen LogP contribution in [0.1, 0.15) is 30.9 Å². The van der Waals surface area contributed by atoms with E-state index in [2.05, 4.69) is 10.3 Å². The van der Waals surface area contributed by atoms with E-state index in [1.54, 1.807) is 36.7 Å². The summed E-state index contributed by atoms with van der Waals surface area (Å²) in [5.74, 6) is 0.562. The standard InChI is InChI=1S/C14H15N3O2/c1-10(7-13(18)14-3-2-6-19-14)17-12-5-4-11(8-15)16-9-12/h2-6,9-10,13,17-18H,7H2,1H3/t10-,13-/m0/s1. The molecule has 2 aromatic heterocycles. The summed E-state index contributed by atoms with van der Waals surface area (Å²) in [5.41, 5.74) is 1.20. The fourth-order valence-corrected chi connectivity index (χ4v) is 1.82. The van der Waals surface area contributed by atoms with E-state index in [0.717, 1.165) is 5.69 Å². The van der Waals surface area contributed by atoms with Crippen molar-refractivity contribution in [1.29, 1.82) is 5.26 Å². The Hall–Kier alpha value is -2.32. The van der Waals surface area contributed by atoms with Gasteiger partial charge in [0.1, 0.15) is 23.6 Å². The highest BCUT2D eigenvalue weighted by Crippen LogP contribution is 2.20. The topological polar surface area (TPSA) is 82.1 Å². The minimum absolute atomic E-state index is 0.0508. The number of aliphatic hydroxyl groups excluding tert-OH is 1. The van der Waals surface area contributed by atoms with Crippen molar-refractivity contribution in [2.45, 2.75) is 25.5 Å². The summed E-state index contributed by atoms with van der Waals surface area (Å²) >= 11 is 0. The quantitative estimate of drug-likeness (QED) is 0.859. The largest absolute Gasteiger partial charge is 0.467 e. The van der Waals surface area contributed by atoms with E-state index >= 15 is 0 Å². The molecule has 0 aliphatic heterocycles. The van der Waals surface area contributed by atoms with E-state index in [1.807, 2.05) is 13.0 Å². The van der Waals surface area contributed by atoms with Gasteiger partial charge >= 0.3 is 0 Å². The highest BCUT2D eigenvalue weighted by Gasteiger charge is 2.14. The third kappa shape index (κ3) is 3.57. The highest BCUT2D eigenvalue weighted by atomic mass is 16.4. The van der Waals surface area contributed by atoms with Gasteiger partial charge in [0.15, 0.2) is 0 Å². The summed E-state index contributed by atoms with van der Waals surface area (Å²) < 4.78 is 5.15. The van der Waals surface area contributed by atoms with Crippen molar-refractivity contribution in [3.63, 3.8) is 0 Å². The number of aliphatic hydroxyl groups is 1. The molecule has 2 N–H and O–H groups in total. The van der Waals surface area contributed by atoms with E-state index in [9.17, 15) is 5.11 Å². The van der Waals surface area contributed by atoms with Crippen LogP contribution in [0.5, 0.6) is 0 Å². The Labute approximate surface area is 111 Å². The SMILES string of the molecule is C[C@@H](C[C@H](O)c1ccco1)Nc1ccc(C#N)nc1. The number of nitrogens with zero attached hydrogens (tertiary/aromatic N) is 2. The van der Waals surface area contributed by atoms with Crippen LogP contribution in [-0.4, -0.2) is 16.1 Å². The predicted octanol–water partition coefficient (Wildman–Crippen LogP) is 2.47. The molecular formula is C14H15N3O2. The Morgan fingerprint density at radius 2 is 2.32 bits per heavy atom. The molecule has 2 heterocycles. The van der Waals surface area contributed by atoms with Crippen LogP contribution in [0.15, 0.2) is 41.1 Å². The molecule has 0 radical (unpaired) electrons. The van der Waals surface area contributed by atoms with Crippen LogP contribution >= 0.6 is 0 Å². The molecule has 5 nitrogen and oxygen atoms in total. The molecule has 0 saturated heterocycles. The average molecular weight is 257 g/mol. The first-order chi connectivity index (χ1) is 9.19. The van der Waals surface area contributed by atoms with Crippen LogP contribution in [0, 0.1) is 11.3 Å². The minimum Gasteiger partial charge on any atom is -0.467 e. The maximum Gasteiger partial charge on any atom is 0.140 e. The zero-order valence-corrected chi connectivity index (χ0v) is 10.6. The molecule has 0 spiro atoms. The Bertz CT molecular complexity index is 543. The van der Waals surface area contributed by atoms with Gasteiger partial charge in [-0.3, -0.25) is 0 Å². The molecule has 0 fully saturated rings. The summed E-state index contributed by atoms with van der Waals surface area (Å²) in [6, 6.07) is 8.96. The molecule has 0 bridgehead atoms. The van der Waals surface area contributed by atoms with Crippen LogP contribution < -0.4 is 5.32 Å². The van der Waals surface area contributed by atoms with E-state index in [0.29, 0.717) is 17.9 Å². The molecule has 2 rings (SSSR count). The Morgan fingerprint density at radius 1 is 1.47 bits per heavy atom. The number of nitrogens with one attached hydrogen (secondary N) is 1. The van der Waals surface area contributed by atoms with Crippen LogP contribution in [0.4, 0.5) is 5.69 Å². The van der Waals surface area contributed by atoms with Crippen LogP contribution in [0.25, 0.3) is 0 Å². The van der Waals surface area contributed by atoms with Crippen molar-refractivity contribution in [2.24, 2.45) is 0 Å². The first-order valence-electron chi connectivity index (χ1n) is 6.03. The third-order valence-electron chi connectivity index (χ3n) is 2.74. The summed E-state index contributed by atoms with van der Waals surface area (Å²) in [4.78, 5) is 3.97. The van der Waals surface area contributed by atoms with Gasteiger partial charge in [0.25, 0.3) is 0 Å². The summed E-state index contributed by atoms with van der Waals surface area (Å²) in [5, 5.41) is 21.8. The second-order valence-corrected chi connectivity index (χ2v) is 4.36. The normalized spacial score (nSPS) is 13.5. The van der Waals surface area contributed by atoms with Gasteiger partial charge in [-0.1, -0.05) is 0 Å². The summed E-state index contributed by atoms with van der Waals surface area (Å²) in [6.07, 6.45) is 3.03. The molecule has 5 heteroatoms. The summed E-state index contributed by atoms with van der Waals surface area (Å²) in [7, 11) is 0. The Kier molecular flexibility index (Phi) is 4.16. The second kappa shape index (κ2) is 6.03. The smallest absolute Gasteiger partial charge is 0.140 e. The van der Waals surface area contributed by atoms with Gasteiger partial charge in [-0.15, -0.1) is 0 Å². The monoisotopic (exact) mass is 257 g/mol. The molecule has 0 aliphatic carbocycles. The van der Waals surface area contributed by atoms with Crippen molar-refractivity contribution in [3.8, 4) is 6.07 Å². The zero-order chi connectivity index (χ0) is 13.7. The van der Waals surface area contributed by atoms with Gasteiger partial charge in [-0.2, -0.15) is 5.26 Å². The van der Waals surface area contributed by atoms with Crippen LogP contribution in [0.3, 0.4) is 0 Å². The van der Waals surface area contributed by atoms with Crippen LogP contribution in [0.2, 0.25) is 0 Å². The van der Waals surface area contributed by atoms with Crippen molar-refractivity contribution in [3.05, 3.63) is 48.2 Å². The second-order valence-electron chi connectivity index (χ2n) is 4.36. The number of hydrogen-bond acceptors (Lipinski definition) is 5. The average Bonchev–Trinajstić information content (AvgIpc) is 2.93. The van der Waals surface area contributed by atoms with Gasteiger partial charge in [0.2, 0.25) is 0 Å². The molecular weight excluding hydrogens is 242 g/mol. The van der Waals surface area contributed by atoms with Crippen molar-refractivity contribution >= 4 is 5.69 Å². The van der Waals surface area contributed by atoms with Gasteiger partial charge in [-0.05, 0) is 31.2 Å². The molecule has 2 atom stereocenters. The first kappa shape index (κ1) is 13.1. The number of nitriles is 1. The molecule has 0 aromatic carbocycles. The maximum atomic E-state index is 9.95. The van der Waals surface area contributed by atoms with Crippen molar-refractivity contribution in [2.75, 3.05) is 5.32 Å². The van der Waals surface area contributed by atoms with E-state index in [4.69, 9.17) is 9.68 Å². The lowest BCUT2D eigenvalue weighted by atomic mass is 10.1. The first-order valence-corrected chi connectivity index (χ1v) is 6.03. The van der Waals surface area contributed by atoms with E-state index in [1.165, 1.54) is 0 Å². The lowest BCUT2D eigenvalue weighted by Crippen LogP contribution is -2.18. The highest BCUT2D eigenvalue weighted by molar-refractivity contribution is 5.43. The van der Waals surface area contributed by atoms with Gasteiger partial charge < -0.3 is 14.8 Å². The Morgan fingerprint density at radius 3 is 2.89 bits per heavy atom. The lowest BCUT2D eigenvalue weighted by Gasteiger charge is -2.17. The molecule has 0 unspecified atom stereocenters. The van der Waals surface area contributed by atoms with Gasteiger partial charge in [0, 0.05) is 12.5 Å². The fourth-order valence-electron chi connectivity index (χ4n) is 1.82. The molecule has 0 saturated carbocycles. The van der Waals surface area contributed by atoms with Gasteiger partial charge in [-0.25, -0.2) is 4.98 Å². The number of hydrogen-bond donors (Lipinski definition) is 2. The van der Waals surface area contributed by atoms with Crippen LogP contribution in [-0.2, 0) is 0 Å². The molecule has 2 aromatic rings. The van der Waals surface area contributed by atoms with E-state index < -0.39 is 6.10 Å².